The Morgan fingerprint density at radius 1 is 1.42 bits per heavy atom. The number of nitrogens with zero attached hydrogens (tertiary/aromatic N) is 3. The largest absolute Gasteiger partial charge is 0.478 e. The molecule has 1 N–H and O–H groups in total. The molecular formula is C14H24N4O. The standard InChI is InChI=1S/C14H24N4O/c1-4-11-19-12-5-8-16-13(17-12)18-9-6-14(2,15-3)7-10-18/h5,8,15H,4,6-7,9-11H2,1-3H3. The summed E-state index contributed by atoms with van der Waals surface area (Å²) < 4.78 is 5.56. The van der Waals surface area contributed by atoms with Gasteiger partial charge in [-0.2, -0.15) is 4.98 Å². The summed E-state index contributed by atoms with van der Waals surface area (Å²) in [6.45, 7) is 7.02. The van der Waals surface area contributed by atoms with Gasteiger partial charge in [-0.25, -0.2) is 4.98 Å². The number of piperidine rings is 1. The van der Waals surface area contributed by atoms with Gasteiger partial charge in [-0.1, -0.05) is 6.92 Å². The van der Waals surface area contributed by atoms with Gasteiger partial charge in [0.2, 0.25) is 11.8 Å². The minimum absolute atomic E-state index is 0.243. The molecule has 2 heterocycles. The Labute approximate surface area is 115 Å². The van der Waals surface area contributed by atoms with Crippen molar-refractivity contribution >= 4 is 5.95 Å². The Bertz CT molecular complexity index is 402. The zero-order valence-electron chi connectivity index (χ0n) is 12.1. The van der Waals surface area contributed by atoms with Gasteiger partial charge in [0, 0.05) is 30.9 Å². The van der Waals surface area contributed by atoms with E-state index >= 15 is 0 Å². The molecule has 0 aromatic carbocycles. The highest BCUT2D eigenvalue weighted by molar-refractivity contribution is 5.33. The molecule has 2 rings (SSSR count). The average Bonchev–Trinajstić information content (AvgIpc) is 2.46. The first-order chi connectivity index (χ1) is 9.17. The number of nitrogens with one attached hydrogen (secondary N) is 1. The van der Waals surface area contributed by atoms with Gasteiger partial charge in [-0.3, -0.25) is 0 Å². The van der Waals surface area contributed by atoms with Crippen LogP contribution in [0.5, 0.6) is 5.88 Å². The highest BCUT2D eigenvalue weighted by Gasteiger charge is 2.29. The molecule has 0 bridgehead atoms. The van der Waals surface area contributed by atoms with E-state index in [0.29, 0.717) is 12.5 Å². The van der Waals surface area contributed by atoms with Gasteiger partial charge >= 0.3 is 0 Å². The van der Waals surface area contributed by atoms with Crippen LogP contribution in [0.4, 0.5) is 5.95 Å². The third-order valence-electron chi connectivity index (χ3n) is 3.82. The molecule has 0 spiro atoms. The minimum atomic E-state index is 0.243. The molecule has 106 valence electrons. The molecule has 19 heavy (non-hydrogen) atoms. The Morgan fingerprint density at radius 2 is 2.16 bits per heavy atom. The summed E-state index contributed by atoms with van der Waals surface area (Å²) in [5, 5.41) is 3.40. The summed E-state index contributed by atoms with van der Waals surface area (Å²) in [5.74, 6) is 1.46. The van der Waals surface area contributed by atoms with Crippen LogP contribution in [0.2, 0.25) is 0 Å². The van der Waals surface area contributed by atoms with Crippen LogP contribution in [0.1, 0.15) is 33.1 Å². The first-order valence-electron chi connectivity index (χ1n) is 7.06. The Balaban J connectivity index is 1.99. The Kier molecular flexibility index (Phi) is 4.58. The van der Waals surface area contributed by atoms with E-state index < -0.39 is 0 Å². The van der Waals surface area contributed by atoms with Gasteiger partial charge < -0.3 is 15.0 Å². The van der Waals surface area contributed by atoms with Crippen LogP contribution < -0.4 is 15.0 Å². The molecule has 1 aliphatic heterocycles. The molecule has 0 radical (unpaired) electrons. The van der Waals surface area contributed by atoms with Crippen LogP contribution >= 0.6 is 0 Å². The molecule has 0 unspecified atom stereocenters. The van der Waals surface area contributed by atoms with Gasteiger partial charge in [0.25, 0.3) is 0 Å². The van der Waals surface area contributed by atoms with E-state index in [0.717, 1.165) is 38.3 Å². The van der Waals surface area contributed by atoms with Crippen molar-refractivity contribution in [2.45, 2.75) is 38.6 Å². The lowest BCUT2D eigenvalue weighted by atomic mass is 9.90. The van der Waals surface area contributed by atoms with E-state index in [2.05, 4.69) is 34.0 Å². The Morgan fingerprint density at radius 3 is 2.79 bits per heavy atom. The molecule has 1 saturated heterocycles. The third kappa shape index (κ3) is 3.56. The normalized spacial score (nSPS) is 18.4. The number of anilines is 1. The van der Waals surface area contributed by atoms with E-state index in [1.165, 1.54) is 0 Å². The van der Waals surface area contributed by atoms with Gasteiger partial charge in [0.1, 0.15) is 0 Å². The fourth-order valence-corrected chi connectivity index (χ4v) is 2.22. The van der Waals surface area contributed by atoms with Crippen molar-refractivity contribution in [3.8, 4) is 5.88 Å². The van der Waals surface area contributed by atoms with E-state index in [1.807, 2.05) is 13.1 Å². The molecule has 1 aromatic rings. The predicted molar refractivity (Wildman–Crippen MR) is 76.7 cm³/mol. The second kappa shape index (κ2) is 6.19. The van der Waals surface area contributed by atoms with Crippen molar-refractivity contribution in [1.29, 1.82) is 0 Å². The van der Waals surface area contributed by atoms with Crippen LogP contribution in [-0.4, -0.2) is 42.3 Å². The molecule has 0 aliphatic carbocycles. The van der Waals surface area contributed by atoms with Crippen molar-refractivity contribution in [3.63, 3.8) is 0 Å². The topological polar surface area (TPSA) is 50.3 Å². The molecular weight excluding hydrogens is 240 g/mol. The van der Waals surface area contributed by atoms with Gasteiger partial charge in [-0.15, -0.1) is 0 Å². The van der Waals surface area contributed by atoms with Gasteiger partial charge in [0.05, 0.1) is 6.61 Å². The molecule has 0 saturated carbocycles. The second-order valence-corrected chi connectivity index (χ2v) is 5.34. The molecule has 5 nitrogen and oxygen atoms in total. The number of ether oxygens (including phenoxy) is 1. The van der Waals surface area contributed by atoms with Crippen LogP contribution in [0.25, 0.3) is 0 Å². The van der Waals surface area contributed by atoms with Gasteiger partial charge in [-0.05, 0) is 33.2 Å². The molecule has 0 atom stereocenters. The zero-order valence-corrected chi connectivity index (χ0v) is 12.1. The van der Waals surface area contributed by atoms with Crippen LogP contribution in [-0.2, 0) is 0 Å². The first-order valence-corrected chi connectivity index (χ1v) is 7.06. The van der Waals surface area contributed by atoms with Crippen molar-refractivity contribution in [3.05, 3.63) is 12.3 Å². The van der Waals surface area contributed by atoms with Crippen LogP contribution in [0, 0.1) is 0 Å². The smallest absolute Gasteiger partial charge is 0.228 e. The lowest BCUT2D eigenvalue weighted by molar-refractivity contribution is 0.297. The number of hydrogen-bond donors (Lipinski definition) is 1. The minimum Gasteiger partial charge on any atom is -0.478 e. The maximum absolute atomic E-state index is 5.56. The van der Waals surface area contributed by atoms with Crippen LogP contribution in [0.3, 0.4) is 0 Å². The van der Waals surface area contributed by atoms with Crippen molar-refractivity contribution in [2.24, 2.45) is 0 Å². The van der Waals surface area contributed by atoms with Gasteiger partial charge in [0.15, 0.2) is 0 Å². The average molecular weight is 264 g/mol. The van der Waals surface area contributed by atoms with Crippen molar-refractivity contribution in [2.75, 3.05) is 31.6 Å². The van der Waals surface area contributed by atoms with Crippen LogP contribution in [0.15, 0.2) is 12.3 Å². The van der Waals surface area contributed by atoms with Crippen molar-refractivity contribution < 1.29 is 4.74 Å². The number of hydrogen-bond acceptors (Lipinski definition) is 5. The fraction of sp³-hybridized carbons (Fsp3) is 0.714. The Hall–Kier alpha value is -1.36. The second-order valence-electron chi connectivity index (χ2n) is 5.34. The molecule has 5 heteroatoms. The predicted octanol–water partition coefficient (Wildman–Crippen LogP) is 1.84. The third-order valence-corrected chi connectivity index (χ3v) is 3.82. The number of aromatic nitrogens is 2. The van der Waals surface area contributed by atoms with E-state index in [4.69, 9.17) is 4.74 Å². The van der Waals surface area contributed by atoms with E-state index in [9.17, 15) is 0 Å². The lowest BCUT2D eigenvalue weighted by Crippen LogP contribution is -2.50. The first kappa shape index (κ1) is 14.1. The quantitative estimate of drug-likeness (QED) is 0.879. The number of rotatable bonds is 5. The molecule has 1 fully saturated rings. The summed E-state index contributed by atoms with van der Waals surface area (Å²) in [6.07, 6.45) is 4.97. The fourth-order valence-electron chi connectivity index (χ4n) is 2.22. The summed E-state index contributed by atoms with van der Waals surface area (Å²) in [4.78, 5) is 11.1. The maximum atomic E-state index is 5.56. The summed E-state index contributed by atoms with van der Waals surface area (Å²) in [5.41, 5.74) is 0.243. The van der Waals surface area contributed by atoms with E-state index in [1.54, 1.807) is 6.20 Å². The molecule has 1 aliphatic rings. The zero-order chi connectivity index (χ0) is 13.7. The SMILES string of the molecule is CCCOc1ccnc(N2CCC(C)(NC)CC2)n1. The maximum Gasteiger partial charge on any atom is 0.228 e. The summed E-state index contributed by atoms with van der Waals surface area (Å²) in [6, 6.07) is 1.82. The summed E-state index contributed by atoms with van der Waals surface area (Å²) in [7, 11) is 2.03. The van der Waals surface area contributed by atoms with Crippen molar-refractivity contribution in [1.82, 2.24) is 15.3 Å². The summed E-state index contributed by atoms with van der Waals surface area (Å²) >= 11 is 0. The monoisotopic (exact) mass is 264 g/mol. The molecule has 0 amide bonds. The van der Waals surface area contributed by atoms with E-state index in [-0.39, 0.29) is 5.54 Å². The lowest BCUT2D eigenvalue weighted by Gasteiger charge is -2.39. The highest BCUT2D eigenvalue weighted by Crippen LogP contribution is 2.24. The highest BCUT2D eigenvalue weighted by atomic mass is 16.5. The molecule has 1 aromatic heterocycles.